The van der Waals surface area contributed by atoms with Gasteiger partial charge in [-0.3, -0.25) is 0 Å². The lowest BCUT2D eigenvalue weighted by molar-refractivity contribution is 0.627. The second-order valence-electron chi connectivity index (χ2n) is 4.31. The summed E-state index contributed by atoms with van der Waals surface area (Å²) in [6.45, 7) is 0. The van der Waals surface area contributed by atoms with E-state index in [1.807, 2.05) is 6.07 Å². The van der Waals surface area contributed by atoms with Crippen molar-refractivity contribution in [3.05, 3.63) is 70.0 Å². The number of halogens is 3. The Morgan fingerprint density at radius 2 is 1.25 bits per heavy atom. The molecule has 3 rings (SSSR count). The Morgan fingerprint density at radius 1 is 0.750 bits per heavy atom. The molecule has 0 aliphatic carbocycles. The number of hydrogen-bond donors (Lipinski definition) is 0. The van der Waals surface area contributed by atoms with Crippen molar-refractivity contribution in [2.75, 3.05) is 0 Å². The van der Waals surface area contributed by atoms with Gasteiger partial charge in [-0.15, -0.1) is 11.3 Å². The minimum Gasteiger partial charge on any atom is -0.207 e. The predicted molar refractivity (Wildman–Crippen MR) is 82.8 cm³/mol. The fourth-order valence-electron chi connectivity index (χ4n) is 2.02. The topological polar surface area (TPSA) is 0 Å². The van der Waals surface area contributed by atoms with Crippen molar-refractivity contribution < 1.29 is 8.78 Å². The van der Waals surface area contributed by atoms with Crippen LogP contribution >= 0.6 is 27.3 Å². The van der Waals surface area contributed by atoms with Crippen molar-refractivity contribution >= 4 is 27.3 Å². The highest BCUT2D eigenvalue weighted by molar-refractivity contribution is 9.11. The molecule has 0 radical (unpaired) electrons. The zero-order valence-corrected chi connectivity index (χ0v) is 12.6. The third-order valence-electron chi connectivity index (χ3n) is 2.96. The fraction of sp³-hybridized carbons (Fsp3) is 0. The molecule has 0 saturated carbocycles. The van der Waals surface area contributed by atoms with Gasteiger partial charge in [-0.2, -0.15) is 0 Å². The summed E-state index contributed by atoms with van der Waals surface area (Å²) in [5.41, 5.74) is 2.89. The molecule has 1 heterocycles. The van der Waals surface area contributed by atoms with Crippen molar-refractivity contribution in [2.24, 2.45) is 0 Å². The highest BCUT2D eigenvalue weighted by Gasteiger charge is 2.12. The van der Waals surface area contributed by atoms with Gasteiger partial charge < -0.3 is 0 Å². The van der Waals surface area contributed by atoms with Crippen molar-refractivity contribution in [1.29, 1.82) is 0 Å². The molecule has 0 nitrogen and oxygen atoms in total. The van der Waals surface area contributed by atoms with Gasteiger partial charge in [-0.05, 0) is 57.4 Å². The van der Waals surface area contributed by atoms with Crippen LogP contribution in [0.15, 0.2) is 58.4 Å². The quantitative estimate of drug-likeness (QED) is 0.522. The summed E-state index contributed by atoms with van der Waals surface area (Å²) in [4.78, 5) is 1.03. The maximum atomic E-state index is 13.0. The molecule has 2 aromatic carbocycles. The van der Waals surface area contributed by atoms with Crippen molar-refractivity contribution in [2.45, 2.75) is 0 Å². The maximum Gasteiger partial charge on any atom is 0.123 e. The summed E-state index contributed by atoms with van der Waals surface area (Å²) in [6, 6.07) is 14.8. The molecule has 0 saturated heterocycles. The van der Waals surface area contributed by atoms with Gasteiger partial charge in [0.2, 0.25) is 0 Å². The average molecular weight is 351 g/mol. The standard InChI is InChI=1S/C16H9BrF2S/c17-15-9-14(10-1-5-12(18)6-2-10)16(20-15)11-3-7-13(19)8-4-11/h1-9H. The van der Waals surface area contributed by atoms with Crippen LogP contribution in [-0.4, -0.2) is 0 Å². The van der Waals surface area contributed by atoms with Gasteiger partial charge in [0.05, 0.1) is 3.79 Å². The Hall–Kier alpha value is -1.52. The van der Waals surface area contributed by atoms with E-state index in [1.165, 1.54) is 24.3 Å². The molecule has 3 aromatic rings. The van der Waals surface area contributed by atoms with Crippen molar-refractivity contribution in [3.63, 3.8) is 0 Å². The Morgan fingerprint density at radius 3 is 1.80 bits per heavy atom. The van der Waals surface area contributed by atoms with Gasteiger partial charge in [-0.25, -0.2) is 8.78 Å². The molecular formula is C16H9BrF2S. The summed E-state index contributed by atoms with van der Waals surface area (Å²) in [6.07, 6.45) is 0. The summed E-state index contributed by atoms with van der Waals surface area (Å²) in [5, 5.41) is 0. The lowest BCUT2D eigenvalue weighted by Crippen LogP contribution is -1.81. The van der Waals surface area contributed by atoms with E-state index in [1.54, 1.807) is 35.6 Å². The molecule has 0 unspecified atom stereocenters. The van der Waals surface area contributed by atoms with E-state index < -0.39 is 0 Å². The van der Waals surface area contributed by atoms with Gasteiger partial charge in [-0.1, -0.05) is 24.3 Å². The number of hydrogen-bond acceptors (Lipinski definition) is 1. The highest BCUT2D eigenvalue weighted by Crippen LogP contribution is 2.41. The van der Waals surface area contributed by atoms with E-state index in [0.717, 1.165) is 25.4 Å². The third kappa shape index (κ3) is 2.67. The van der Waals surface area contributed by atoms with Gasteiger partial charge in [0, 0.05) is 10.4 Å². The van der Waals surface area contributed by atoms with Crippen LogP contribution < -0.4 is 0 Å². The van der Waals surface area contributed by atoms with Crippen LogP contribution in [0, 0.1) is 11.6 Å². The SMILES string of the molecule is Fc1ccc(-c2cc(Br)sc2-c2ccc(F)cc2)cc1. The summed E-state index contributed by atoms with van der Waals surface area (Å²) in [5.74, 6) is -0.515. The van der Waals surface area contributed by atoms with Gasteiger partial charge in [0.25, 0.3) is 0 Å². The summed E-state index contributed by atoms with van der Waals surface area (Å²) in [7, 11) is 0. The lowest BCUT2D eigenvalue weighted by atomic mass is 10.0. The van der Waals surface area contributed by atoms with Crippen LogP contribution in [0.25, 0.3) is 21.6 Å². The third-order valence-corrected chi connectivity index (χ3v) is 4.65. The molecule has 0 fully saturated rings. The largest absolute Gasteiger partial charge is 0.207 e. The van der Waals surface area contributed by atoms with Gasteiger partial charge >= 0.3 is 0 Å². The minimum atomic E-state index is -0.258. The van der Waals surface area contributed by atoms with Gasteiger partial charge in [0.1, 0.15) is 11.6 Å². The molecule has 0 bridgehead atoms. The van der Waals surface area contributed by atoms with Crippen molar-refractivity contribution in [1.82, 2.24) is 0 Å². The maximum absolute atomic E-state index is 13.0. The zero-order valence-electron chi connectivity index (χ0n) is 10.2. The van der Waals surface area contributed by atoms with Crippen LogP contribution in [0.5, 0.6) is 0 Å². The van der Waals surface area contributed by atoms with Crippen LogP contribution in [-0.2, 0) is 0 Å². The van der Waals surface area contributed by atoms with Crippen LogP contribution in [0.4, 0.5) is 8.78 Å². The Bertz CT molecular complexity index is 667. The molecule has 0 spiro atoms. The average Bonchev–Trinajstić information content (AvgIpc) is 2.82. The molecule has 0 aliphatic heterocycles. The second kappa shape index (κ2) is 5.46. The van der Waals surface area contributed by atoms with Crippen LogP contribution in [0.3, 0.4) is 0 Å². The van der Waals surface area contributed by atoms with Crippen LogP contribution in [0.1, 0.15) is 0 Å². The smallest absolute Gasteiger partial charge is 0.123 e. The zero-order chi connectivity index (χ0) is 14.1. The summed E-state index contributed by atoms with van der Waals surface area (Å²) >= 11 is 5.05. The molecular weight excluding hydrogens is 342 g/mol. The first-order chi connectivity index (χ1) is 9.63. The first kappa shape index (κ1) is 13.5. The Kier molecular flexibility index (Phi) is 3.68. The highest BCUT2D eigenvalue weighted by atomic mass is 79.9. The lowest BCUT2D eigenvalue weighted by Gasteiger charge is -2.04. The van der Waals surface area contributed by atoms with Crippen molar-refractivity contribution in [3.8, 4) is 21.6 Å². The van der Waals surface area contributed by atoms with E-state index in [-0.39, 0.29) is 11.6 Å². The molecule has 0 aliphatic rings. The first-order valence-electron chi connectivity index (χ1n) is 5.95. The fourth-order valence-corrected chi connectivity index (χ4v) is 3.65. The van der Waals surface area contributed by atoms with E-state index >= 15 is 0 Å². The summed E-state index contributed by atoms with van der Waals surface area (Å²) < 4.78 is 27.0. The van der Waals surface area contributed by atoms with E-state index in [9.17, 15) is 8.78 Å². The molecule has 1 aromatic heterocycles. The molecule has 0 amide bonds. The minimum absolute atomic E-state index is 0.257. The first-order valence-corrected chi connectivity index (χ1v) is 7.55. The number of benzene rings is 2. The van der Waals surface area contributed by atoms with E-state index in [4.69, 9.17) is 0 Å². The Balaban J connectivity index is 2.12. The number of rotatable bonds is 2. The molecule has 20 heavy (non-hydrogen) atoms. The molecule has 4 heteroatoms. The second-order valence-corrected chi connectivity index (χ2v) is 6.74. The van der Waals surface area contributed by atoms with E-state index in [2.05, 4.69) is 15.9 Å². The van der Waals surface area contributed by atoms with E-state index in [0.29, 0.717) is 0 Å². The van der Waals surface area contributed by atoms with Crippen LogP contribution in [0.2, 0.25) is 0 Å². The normalized spacial score (nSPS) is 10.8. The van der Waals surface area contributed by atoms with Gasteiger partial charge in [0.15, 0.2) is 0 Å². The monoisotopic (exact) mass is 350 g/mol. The number of thiophene rings is 1. The Labute approximate surface area is 127 Å². The predicted octanol–water partition coefficient (Wildman–Crippen LogP) is 6.12. The molecule has 0 atom stereocenters. The molecule has 100 valence electrons. The molecule has 0 N–H and O–H groups in total.